The third-order valence-corrected chi connectivity index (χ3v) is 3.99. The van der Waals surface area contributed by atoms with Crippen LogP contribution in [0.4, 0.5) is 10.1 Å². The Bertz CT molecular complexity index is 589. The molecule has 0 N–H and O–H groups in total. The van der Waals surface area contributed by atoms with E-state index in [2.05, 4.69) is 4.90 Å². The first-order chi connectivity index (χ1) is 9.72. The number of piperazine rings is 1. The molecule has 0 unspecified atom stereocenters. The first-order valence-electron chi connectivity index (χ1n) is 6.67. The fourth-order valence-corrected chi connectivity index (χ4v) is 2.37. The Morgan fingerprint density at radius 3 is 2.62 bits per heavy atom. The van der Waals surface area contributed by atoms with Crippen molar-refractivity contribution < 1.29 is 14.1 Å². The SMILES string of the molecule is CN1CCN(C(=O)c2cc([N+](=O)[O-])ccc2F)CC1(C)C. The topological polar surface area (TPSA) is 66.7 Å². The molecule has 1 aliphatic heterocycles. The molecule has 0 radical (unpaired) electrons. The number of carbonyl (C=O) groups excluding carboxylic acids is 1. The molecule has 0 aromatic heterocycles. The predicted octanol–water partition coefficient (Wildman–Crippen LogP) is 1.90. The van der Waals surface area contributed by atoms with E-state index in [0.29, 0.717) is 19.6 Å². The zero-order valence-electron chi connectivity index (χ0n) is 12.3. The number of nitrogens with zero attached hydrogens (tertiary/aromatic N) is 3. The summed E-state index contributed by atoms with van der Waals surface area (Å²) in [7, 11) is 1.97. The molecule has 1 fully saturated rings. The average Bonchev–Trinajstić information content (AvgIpc) is 2.41. The second-order valence-electron chi connectivity index (χ2n) is 5.88. The lowest BCUT2D eigenvalue weighted by Gasteiger charge is -2.45. The number of non-ortho nitro benzene ring substituents is 1. The quantitative estimate of drug-likeness (QED) is 0.617. The molecule has 1 aromatic carbocycles. The van der Waals surface area contributed by atoms with Crippen molar-refractivity contribution >= 4 is 11.6 Å². The fraction of sp³-hybridized carbons (Fsp3) is 0.500. The normalized spacial score (nSPS) is 18.6. The summed E-state index contributed by atoms with van der Waals surface area (Å²) in [5.74, 6) is -1.24. The lowest BCUT2D eigenvalue weighted by Crippen LogP contribution is -2.58. The molecule has 0 aliphatic carbocycles. The third kappa shape index (κ3) is 3.02. The maximum Gasteiger partial charge on any atom is 0.270 e. The van der Waals surface area contributed by atoms with Gasteiger partial charge in [0, 0.05) is 37.3 Å². The average molecular weight is 295 g/mol. The Balaban J connectivity index is 2.28. The van der Waals surface area contributed by atoms with Gasteiger partial charge in [0.05, 0.1) is 10.5 Å². The second-order valence-corrected chi connectivity index (χ2v) is 5.88. The summed E-state index contributed by atoms with van der Waals surface area (Å²) in [5.41, 5.74) is -0.747. The first kappa shape index (κ1) is 15.4. The highest BCUT2D eigenvalue weighted by Gasteiger charge is 2.34. The zero-order valence-corrected chi connectivity index (χ0v) is 12.3. The molecule has 1 amide bonds. The summed E-state index contributed by atoms with van der Waals surface area (Å²) in [6.07, 6.45) is 0. The number of likely N-dealkylation sites (N-methyl/N-ethyl adjacent to an activating group) is 1. The van der Waals surface area contributed by atoms with E-state index in [4.69, 9.17) is 0 Å². The van der Waals surface area contributed by atoms with Gasteiger partial charge in [-0.3, -0.25) is 19.8 Å². The monoisotopic (exact) mass is 295 g/mol. The maximum absolute atomic E-state index is 13.8. The number of benzene rings is 1. The van der Waals surface area contributed by atoms with Gasteiger partial charge in [0.2, 0.25) is 0 Å². The van der Waals surface area contributed by atoms with Gasteiger partial charge in [-0.05, 0) is 27.0 Å². The van der Waals surface area contributed by atoms with Crippen LogP contribution < -0.4 is 0 Å². The van der Waals surface area contributed by atoms with Gasteiger partial charge in [-0.15, -0.1) is 0 Å². The van der Waals surface area contributed by atoms with Gasteiger partial charge in [-0.25, -0.2) is 4.39 Å². The van der Waals surface area contributed by atoms with E-state index >= 15 is 0 Å². The molecule has 6 nitrogen and oxygen atoms in total. The largest absolute Gasteiger partial charge is 0.335 e. The minimum Gasteiger partial charge on any atom is -0.335 e. The number of carbonyl (C=O) groups is 1. The lowest BCUT2D eigenvalue weighted by atomic mass is 9.99. The smallest absolute Gasteiger partial charge is 0.270 e. The van der Waals surface area contributed by atoms with Crippen molar-refractivity contribution in [3.8, 4) is 0 Å². The van der Waals surface area contributed by atoms with Crippen LogP contribution >= 0.6 is 0 Å². The lowest BCUT2D eigenvalue weighted by molar-refractivity contribution is -0.384. The minimum atomic E-state index is -0.734. The van der Waals surface area contributed by atoms with Crippen molar-refractivity contribution in [1.82, 2.24) is 9.80 Å². The minimum absolute atomic E-state index is 0.217. The molecule has 114 valence electrons. The summed E-state index contributed by atoms with van der Waals surface area (Å²) in [6, 6.07) is 3.02. The first-order valence-corrected chi connectivity index (χ1v) is 6.67. The number of amides is 1. The van der Waals surface area contributed by atoms with Crippen LogP contribution in [0.15, 0.2) is 18.2 Å². The molecular weight excluding hydrogens is 277 g/mol. The standard InChI is InChI=1S/C14H18FN3O3/c1-14(2)9-17(7-6-16(14)3)13(19)11-8-10(18(20)21)4-5-12(11)15/h4-5,8H,6-7,9H2,1-3H3. The molecule has 21 heavy (non-hydrogen) atoms. The highest BCUT2D eigenvalue weighted by molar-refractivity contribution is 5.95. The van der Waals surface area contributed by atoms with Crippen molar-refractivity contribution in [2.24, 2.45) is 0 Å². The number of nitro benzene ring substituents is 1. The number of halogens is 1. The summed E-state index contributed by atoms with van der Waals surface area (Å²) >= 11 is 0. The van der Waals surface area contributed by atoms with E-state index in [1.807, 2.05) is 20.9 Å². The van der Waals surface area contributed by atoms with Crippen LogP contribution in [0.5, 0.6) is 0 Å². The Morgan fingerprint density at radius 2 is 2.05 bits per heavy atom. The van der Waals surface area contributed by atoms with Crippen molar-refractivity contribution in [3.05, 3.63) is 39.7 Å². The van der Waals surface area contributed by atoms with Gasteiger partial charge in [0.1, 0.15) is 5.82 Å². The molecule has 0 atom stereocenters. The summed E-state index contributed by atoms with van der Waals surface area (Å²) in [4.78, 5) is 26.2. The number of hydrogen-bond acceptors (Lipinski definition) is 4. The molecule has 1 heterocycles. The predicted molar refractivity (Wildman–Crippen MR) is 75.7 cm³/mol. The van der Waals surface area contributed by atoms with E-state index in [9.17, 15) is 19.3 Å². The van der Waals surface area contributed by atoms with Gasteiger partial charge >= 0.3 is 0 Å². The van der Waals surface area contributed by atoms with Gasteiger partial charge in [-0.2, -0.15) is 0 Å². The molecule has 0 saturated carbocycles. The van der Waals surface area contributed by atoms with Crippen molar-refractivity contribution in [2.75, 3.05) is 26.7 Å². The van der Waals surface area contributed by atoms with Gasteiger partial charge in [0.25, 0.3) is 11.6 Å². The summed E-state index contributed by atoms with van der Waals surface area (Å²) in [6.45, 7) is 5.59. The van der Waals surface area contributed by atoms with E-state index in [1.165, 1.54) is 0 Å². The van der Waals surface area contributed by atoms with Gasteiger partial charge in [-0.1, -0.05) is 0 Å². The highest BCUT2D eigenvalue weighted by atomic mass is 19.1. The molecule has 1 aromatic rings. The van der Waals surface area contributed by atoms with Crippen LogP contribution in [0, 0.1) is 15.9 Å². The molecule has 2 rings (SSSR count). The molecular formula is C14H18FN3O3. The van der Waals surface area contributed by atoms with Crippen LogP contribution in [0.1, 0.15) is 24.2 Å². The molecule has 0 spiro atoms. The van der Waals surface area contributed by atoms with Gasteiger partial charge < -0.3 is 4.90 Å². The Kier molecular flexibility index (Phi) is 3.95. The molecule has 1 saturated heterocycles. The van der Waals surface area contributed by atoms with Crippen molar-refractivity contribution in [1.29, 1.82) is 0 Å². The van der Waals surface area contributed by atoms with Crippen LogP contribution in [-0.4, -0.2) is 52.9 Å². The zero-order chi connectivity index (χ0) is 15.8. The van der Waals surface area contributed by atoms with Crippen molar-refractivity contribution in [3.63, 3.8) is 0 Å². The van der Waals surface area contributed by atoms with Crippen LogP contribution in [0.3, 0.4) is 0 Å². The van der Waals surface area contributed by atoms with Crippen molar-refractivity contribution in [2.45, 2.75) is 19.4 Å². The van der Waals surface area contributed by atoms with E-state index in [-0.39, 0.29) is 16.8 Å². The maximum atomic E-state index is 13.8. The van der Waals surface area contributed by atoms with E-state index in [0.717, 1.165) is 18.2 Å². The number of hydrogen-bond donors (Lipinski definition) is 0. The summed E-state index contributed by atoms with van der Waals surface area (Å²) in [5, 5.41) is 10.8. The Hall–Kier alpha value is -2.02. The number of nitro groups is 1. The Morgan fingerprint density at radius 1 is 1.38 bits per heavy atom. The second kappa shape index (κ2) is 5.40. The highest BCUT2D eigenvalue weighted by Crippen LogP contribution is 2.23. The fourth-order valence-electron chi connectivity index (χ4n) is 2.37. The molecule has 1 aliphatic rings. The number of rotatable bonds is 2. The Labute approximate surface area is 122 Å². The summed E-state index contributed by atoms with van der Waals surface area (Å²) < 4.78 is 13.8. The van der Waals surface area contributed by atoms with E-state index in [1.54, 1.807) is 4.90 Å². The molecule has 7 heteroatoms. The third-order valence-electron chi connectivity index (χ3n) is 3.99. The van der Waals surface area contributed by atoms with Gasteiger partial charge in [0.15, 0.2) is 0 Å². The van der Waals surface area contributed by atoms with Crippen LogP contribution in [0.2, 0.25) is 0 Å². The molecule has 0 bridgehead atoms. The van der Waals surface area contributed by atoms with E-state index < -0.39 is 16.6 Å². The van der Waals surface area contributed by atoms with Crippen LogP contribution in [0.25, 0.3) is 0 Å². The van der Waals surface area contributed by atoms with Crippen LogP contribution in [-0.2, 0) is 0 Å².